The highest BCUT2D eigenvalue weighted by atomic mass is 35.5. The molecule has 148 valence electrons. The maximum atomic E-state index is 11.6. The highest BCUT2D eigenvalue weighted by Gasteiger charge is 2.15. The lowest BCUT2D eigenvalue weighted by molar-refractivity contribution is 0.0597. The molecule has 0 saturated heterocycles. The van der Waals surface area contributed by atoms with Crippen LogP contribution in [0, 0.1) is 0 Å². The van der Waals surface area contributed by atoms with Gasteiger partial charge in [0.05, 0.1) is 13.7 Å². The minimum atomic E-state index is -0.590. The van der Waals surface area contributed by atoms with E-state index in [9.17, 15) is 9.90 Å². The summed E-state index contributed by atoms with van der Waals surface area (Å²) < 4.78 is 13.3. The number of anilines is 1. The lowest BCUT2D eigenvalue weighted by atomic mass is 10.0. The molecule has 0 spiro atoms. The van der Waals surface area contributed by atoms with Crippen molar-refractivity contribution in [2.45, 2.75) is 11.3 Å². The number of methoxy groups -OCH3 is 1. The monoisotopic (exact) mass is 428 g/mol. The molecule has 1 aliphatic rings. The van der Waals surface area contributed by atoms with E-state index in [1.165, 1.54) is 31.2 Å². The summed E-state index contributed by atoms with van der Waals surface area (Å²) in [5.74, 6) is 0.172. The predicted octanol–water partition coefficient (Wildman–Crippen LogP) is 4.95. The number of esters is 1. The number of ether oxygens (including phenoxy) is 2. The minimum Gasteiger partial charge on any atom is -0.507 e. The first-order chi connectivity index (χ1) is 14.0. The highest BCUT2D eigenvalue weighted by Crippen LogP contribution is 2.35. The number of hydrogen-bond acceptors (Lipinski definition) is 7. The van der Waals surface area contributed by atoms with Crippen molar-refractivity contribution < 1.29 is 19.4 Å². The van der Waals surface area contributed by atoms with Crippen LogP contribution in [0.1, 0.15) is 15.9 Å². The van der Waals surface area contributed by atoms with Crippen molar-refractivity contribution in [1.29, 1.82) is 0 Å². The van der Waals surface area contributed by atoms with Gasteiger partial charge in [-0.1, -0.05) is 17.7 Å². The van der Waals surface area contributed by atoms with E-state index in [2.05, 4.69) is 20.5 Å². The summed E-state index contributed by atoms with van der Waals surface area (Å²) in [4.78, 5) is 16.7. The van der Waals surface area contributed by atoms with E-state index in [1.54, 1.807) is 12.3 Å². The summed E-state index contributed by atoms with van der Waals surface area (Å²) in [6.07, 6.45) is 2.55. The number of hydrogen-bond donors (Lipinski definition) is 2. The Morgan fingerprint density at radius 1 is 1.28 bits per heavy atom. The summed E-state index contributed by atoms with van der Waals surface area (Å²) >= 11 is 7.65. The molecule has 0 fully saturated rings. The quantitative estimate of drug-likeness (QED) is 0.338. The lowest BCUT2D eigenvalue weighted by Gasteiger charge is -2.10. The second kappa shape index (κ2) is 8.23. The molecule has 0 bridgehead atoms. The molecule has 1 aromatic heterocycles. The summed E-state index contributed by atoms with van der Waals surface area (Å²) in [6.45, 7) is 0.701. The van der Waals surface area contributed by atoms with Gasteiger partial charge in [-0.2, -0.15) is 0 Å². The number of carbonyl (C=O) groups excluding carboxylic acids is 1. The van der Waals surface area contributed by atoms with E-state index in [1.807, 2.05) is 18.2 Å². The lowest BCUT2D eigenvalue weighted by Crippen LogP contribution is -2.01. The first-order valence-corrected chi connectivity index (χ1v) is 10.0. The molecule has 2 heterocycles. The summed E-state index contributed by atoms with van der Waals surface area (Å²) in [5, 5.41) is 10.4. The molecule has 1 aliphatic heterocycles. The van der Waals surface area contributed by atoms with Crippen molar-refractivity contribution in [3.8, 4) is 22.6 Å². The Morgan fingerprint density at radius 3 is 2.93 bits per heavy atom. The molecule has 2 aromatic carbocycles. The normalized spacial score (nSPS) is 12.2. The molecule has 29 heavy (non-hydrogen) atoms. The van der Waals surface area contributed by atoms with Gasteiger partial charge in [0, 0.05) is 34.8 Å². The summed E-state index contributed by atoms with van der Waals surface area (Å²) in [7, 11) is 1.27. The number of nitrogens with zero attached hydrogens (tertiary/aromatic N) is 1. The number of nitrogens with one attached hydrogen (secondary N) is 1. The molecule has 0 radical (unpaired) electrons. The number of benzene rings is 2. The van der Waals surface area contributed by atoms with E-state index in [0.717, 1.165) is 33.8 Å². The third kappa shape index (κ3) is 4.11. The molecule has 4 rings (SSSR count). The Hall–Kier alpha value is -2.90. The second-order valence-corrected chi connectivity index (χ2v) is 7.60. The first-order valence-electron chi connectivity index (χ1n) is 8.81. The Labute approximate surface area is 177 Å². The van der Waals surface area contributed by atoms with Crippen LogP contribution in [0.25, 0.3) is 11.1 Å². The van der Waals surface area contributed by atoms with Crippen LogP contribution in [0.3, 0.4) is 0 Å². The standard InChI is InChI=1S/C21H17ClN2O4S/c1-27-21(26)16-4-3-14(9-18(16)25)24-29-15-10-17(20(22)23-11-15)12-2-5-19-13(8-12)6-7-28-19/h2-5,8-11,24-25H,6-7H2,1H3. The number of pyridine rings is 1. The van der Waals surface area contributed by atoms with Crippen LogP contribution in [0.15, 0.2) is 53.6 Å². The van der Waals surface area contributed by atoms with Crippen molar-refractivity contribution in [1.82, 2.24) is 4.98 Å². The summed E-state index contributed by atoms with van der Waals surface area (Å²) in [5.41, 5.74) is 3.72. The number of phenols is 1. The first kappa shape index (κ1) is 19.4. The van der Waals surface area contributed by atoms with Crippen LogP contribution in [-0.4, -0.2) is 29.8 Å². The largest absolute Gasteiger partial charge is 0.507 e. The molecule has 0 saturated carbocycles. The Bertz CT molecular complexity index is 1090. The van der Waals surface area contributed by atoms with E-state index in [4.69, 9.17) is 16.3 Å². The number of carbonyl (C=O) groups is 1. The summed E-state index contributed by atoms with van der Waals surface area (Å²) in [6, 6.07) is 12.6. The van der Waals surface area contributed by atoms with Gasteiger partial charge in [-0.05, 0) is 53.4 Å². The Balaban J connectivity index is 1.52. The second-order valence-electron chi connectivity index (χ2n) is 6.36. The van der Waals surface area contributed by atoms with Gasteiger partial charge < -0.3 is 19.3 Å². The molecule has 2 N–H and O–H groups in total. The van der Waals surface area contributed by atoms with Gasteiger partial charge in [0.1, 0.15) is 22.2 Å². The highest BCUT2D eigenvalue weighted by molar-refractivity contribution is 8.00. The average molecular weight is 429 g/mol. The fourth-order valence-corrected chi connectivity index (χ4v) is 3.89. The molecule has 0 amide bonds. The zero-order valence-corrected chi connectivity index (χ0v) is 17.0. The third-order valence-corrected chi connectivity index (χ3v) is 5.60. The molecule has 0 aliphatic carbocycles. The van der Waals surface area contributed by atoms with E-state index < -0.39 is 5.97 Å². The topological polar surface area (TPSA) is 80.7 Å². The van der Waals surface area contributed by atoms with E-state index >= 15 is 0 Å². The number of halogens is 1. The number of aromatic nitrogens is 1. The number of fused-ring (bicyclic) bond motifs is 1. The van der Waals surface area contributed by atoms with Crippen LogP contribution in [0.5, 0.6) is 11.5 Å². The van der Waals surface area contributed by atoms with Gasteiger partial charge in [0.15, 0.2) is 0 Å². The maximum Gasteiger partial charge on any atom is 0.341 e. The zero-order valence-electron chi connectivity index (χ0n) is 15.4. The number of phenolic OH excluding ortho intramolecular Hbond substituents is 1. The number of rotatable bonds is 5. The molecule has 8 heteroatoms. The van der Waals surface area contributed by atoms with Crippen molar-refractivity contribution in [2.24, 2.45) is 0 Å². The van der Waals surface area contributed by atoms with E-state index in [0.29, 0.717) is 17.4 Å². The zero-order chi connectivity index (χ0) is 20.4. The van der Waals surface area contributed by atoms with Gasteiger partial charge in [0.25, 0.3) is 0 Å². The van der Waals surface area contributed by atoms with Gasteiger partial charge in [-0.25, -0.2) is 9.78 Å². The van der Waals surface area contributed by atoms with Crippen molar-refractivity contribution in [3.63, 3.8) is 0 Å². The molecular formula is C21H17ClN2O4S. The maximum absolute atomic E-state index is 11.6. The van der Waals surface area contributed by atoms with Gasteiger partial charge in [-0.3, -0.25) is 0 Å². The average Bonchev–Trinajstić information content (AvgIpc) is 3.20. The van der Waals surface area contributed by atoms with Gasteiger partial charge in [-0.15, -0.1) is 0 Å². The van der Waals surface area contributed by atoms with Crippen LogP contribution in [-0.2, 0) is 11.2 Å². The van der Waals surface area contributed by atoms with Crippen LogP contribution in [0.2, 0.25) is 5.15 Å². The molecule has 0 atom stereocenters. The van der Waals surface area contributed by atoms with Crippen molar-refractivity contribution >= 4 is 35.2 Å². The Kier molecular flexibility index (Phi) is 5.51. The van der Waals surface area contributed by atoms with E-state index in [-0.39, 0.29) is 11.3 Å². The fourth-order valence-electron chi connectivity index (χ4n) is 3.04. The van der Waals surface area contributed by atoms with Crippen molar-refractivity contribution in [3.05, 3.63) is 64.9 Å². The number of aromatic hydroxyl groups is 1. The molecule has 0 unspecified atom stereocenters. The van der Waals surface area contributed by atoms with Crippen molar-refractivity contribution in [2.75, 3.05) is 18.4 Å². The minimum absolute atomic E-state index is 0.110. The predicted molar refractivity (Wildman–Crippen MR) is 113 cm³/mol. The molecular weight excluding hydrogens is 412 g/mol. The molecule has 3 aromatic rings. The smallest absolute Gasteiger partial charge is 0.341 e. The van der Waals surface area contributed by atoms with Gasteiger partial charge in [0.2, 0.25) is 0 Å². The fraction of sp³-hybridized carbons (Fsp3) is 0.143. The van der Waals surface area contributed by atoms with Gasteiger partial charge >= 0.3 is 5.97 Å². The SMILES string of the molecule is COC(=O)c1ccc(NSc2cnc(Cl)c(-c3ccc4c(c3)CCO4)c2)cc1O. The van der Waals surface area contributed by atoms with Crippen LogP contribution >= 0.6 is 23.5 Å². The van der Waals surface area contributed by atoms with Crippen LogP contribution in [0.4, 0.5) is 5.69 Å². The van der Waals surface area contributed by atoms with Crippen LogP contribution < -0.4 is 9.46 Å². The molecule has 6 nitrogen and oxygen atoms in total. The Morgan fingerprint density at radius 2 is 2.14 bits per heavy atom. The third-order valence-electron chi connectivity index (χ3n) is 4.50.